The molecule has 16 heavy (non-hydrogen) atoms. The van der Waals surface area contributed by atoms with Crippen LogP contribution in [0.1, 0.15) is 12.5 Å². The second kappa shape index (κ2) is 6.89. The Morgan fingerprint density at radius 3 is 2.75 bits per heavy atom. The third-order valence-corrected chi connectivity index (χ3v) is 2.65. The highest BCUT2D eigenvalue weighted by atomic mass is 79.9. The fraction of sp³-hybridized carbons (Fsp3) is 0.500. The first-order valence-corrected chi connectivity index (χ1v) is 6.07. The molecule has 1 N–H and O–H groups in total. The molecule has 0 heterocycles. The maximum Gasteiger partial charge on any atom is 0.133 e. The van der Waals surface area contributed by atoms with Gasteiger partial charge in [0.05, 0.1) is 11.1 Å². The fourth-order valence-corrected chi connectivity index (χ4v) is 1.82. The van der Waals surface area contributed by atoms with Crippen molar-refractivity contribution in [1.29, 1.82) is 0 Å². The summed E-state index contributed by atoms with van der Waals surface area (Å²) in [6.45, 7) is 5.05. The van der Waals surface area contributed by atoms with E-state index in [1.54, 1.807) is 0 Å². The van der Waals surface area contributed by atoms with Gasteiger partial charge in [-0.15, -0.1) is 0 Å². The number of hydrogen-bond acceptors (Lipinski definition) is 3. The van der Waals surface area contributed by atoms with E-state index >= 15 is 0 Å². The second-order valence-electron chi connectivity index (χ2n) is 3.56. The molecule has 0 aromatic heterocycles. The quantitative estimate of drug-likeness (QED) is 0.874. The van der Waals surface area contributed by atoms with Gasteiger partial charge in [-0.3, -0.25) is 0 Å². The SMILES string of the molecule is CCOC[C@H](O)COc1ccc(C)cc1Br. The zero-order chi connectivity index (χ0) is 12.0. The van der Waals surface area contributed by atoms with Crippen LogP contribution in [0.3, 0.4) is 0 Å². The molecule has 1 atom stereocenters. The van der Waals surface area contributed by atoms with Crippen molar-refractivity contribution in [3.8, 4) is 5.75 Å². The first-order valence-electron chi connectivity index (χ1n) is 5.28. The van der Waals surface area contributed by atoms with Crippen LogP contribution in [0.15, 0.2) is 22.7 Å². The largest absolute Gasteiger partial charge is 0.490 e. The van der Waals surface area contributed by atoms with Gasteiger partial charge in [-0.2, -0.15) is 0 Å². The van der Waals surface area contributed by atoms with E-state index in [0.29, 0.717) is 13.2 Å². The van der Waals surface area contributed by atoms with Crippen molar-refractivity contribution < 1.29 is 14.6 Å². The smallest absolute Gasteiger partial charge is 0.133 e. The van der Waals surface area contributed by atoms with E-state index in [2.05, 4.69) is 15.9 Å². The predicted molar refractivity (Wildman–Crippen MR) is 66.9 cm³/mol. The second-order valence-corrected chi connectivity index (χ2v) is 4.41. The van der Waals surface area contributed by atoms with Crippen LogP contribution in [0.4, 0.5) is 0 Å². The van der Waals surface area contributed by atoms with Crippen molar-refractivity contribution in [3.63, 3.8) is 0 Å². The average Bonchev–Trinajstić information content (AvgIpc) is 2.25. The molecule has 0 bridgehead atoms. The molecule has 0 aliphatic rings. The summed E-state index contributed by atoms with van der Waals surface area (Å²) in [7, 11) is 0. The van der Waals surface area contributed by atoms with Crippen molar-refractivity contribution in [2.75, 3.05) is 19.8 Å². The Morgan fingerprint density at radius 1 is 1.38 bits per heavy atom. The lowest BCUT2D eigenvalue weighted by Crippen LogP contribution is -2.23. The summed E-state index contributed by atoms with van der Waals surface area (Å²) >= 11 is 3.41. The fourth-order valence-electron chi connectivity index (χ4n) is 1.21. The number of hydrogen-bond donors (Lipinski definition) is 1. The first-order chi connectivity index (χ1) is 7.63. The normalized spacial score (nSPS) is 12.5. The van der Waals surface area contributed by atoms with Gasteiger partial charge in [0.15, 0.2) is 0 Å². The van der Waals surface area contributed by atoms with Crippen molar-refractivity contribution in [3.05, 3.63) is 28.2 Å². The van der Waals surface area contributed by atoms with Gasteiger partial charge in [0.1, 0.15) is 18.5 Å². The van der Waals surface area contributed by atoms with Gasteiger partial charge >= 0.3 is 0 Å². The lowest BCUT2D eigenvalue weighted by Gasteiger charge is -2.13. The third kappa shape index (κ3) is 4.51. The Kier molecular flexibility index (Phi) is 5.80. The van der Waals surface area contributed by atoms with Crippen LogP contribution >= 0.6 is 15.9 Å². The van der Waals surface area contributed by atoms with E-state index in [-0.39, 0.29) is 6.61 Å². The Hall–Kier alpha value is -0.580. The molecule has 4 heteroatoms. The number of aliphatic hydroxyl groups excluding tert-OH is 1. The molecule has 0 spiro atoms. The van der Waals surface area contributed by atoms with E-state index in [1.807, 2.05) is 32.0 Å². The summed E-state index contributed by atoms with van der Waals surface area (Å²) < 4.78 is 11.5. The number of ether oxygens (including phenoxy) is 2. The molecular formula is C12H17BrO3. The zero-order valence-corrected chi connectivity index (χ0v) is 11.2. The molecule has 0 saturated carbocycles. The summed E-state index contributed by atoms with van der Waals surface area (Å²) in [6.07, 6.45) is -0.590. The van der Waals surface area contributed by atoms with Crippen LogP contribution in [-0.4, -0.2) is 31.0 Å². The van der Waals surface area contributed by atoms with E-state index in [9.17, 15) is 5.11 Å². The van der Waals surface area contributed by atoms with Gasteiger partial charge in [-0.05, 0) is 47.5 Å². The average molecular weight is 289 g/mol. The summed E-state index contributed by atoms with van der Waals surface area (Å²) in [4.78, 5) is 0. The molecule has 3 nitrogen and oxygen atoms in total. The number of aliphatic hydroxyl groups is 1. The maximum atomic E-state index is 9.52. The highest BCUT2D eigenvalue weighted by Gasteiger charge is 2.07. The van der Waals surface area contributed by atoms with Gasteiger partial charge in [0.2, 0.25) is 0 Å². The molecule has 0 unspecified atom stereocenters. The summed E-state index contributed by atoms with van der Waals surface area (Å²) in [6, 6.07) is 5.83. The molecule has 1 aromatic carbocycles. The van der Waals surface area contributed by atoms with Crippen LogP contribution in [-0.2, 0) is 4.74 Å². The summed E-state index contributed by atoms with van der Waals surface area (Å²) in [5, 5.41) is 9.52. The minimum atomic E-state index is -0.590. The molecule has 0 saturated heterocycles. The highest BCUT2D eigenvalue weighted by molar-refractivity contribution is 9.10. The minimum Gasteiger partial charge on any atom is -0.490 e. The van der Waals surface area contributed by atoms with Gasteiger partial charge in [-0.1, -0.05) is 6.07 Å². The molecule has 1 aromatic rings. The Balaban J connectivity index is 2.42. The Bertz CT molecular complexity index is 328. The van der Waals surface area contributed by atoms with Crippen LogP contribution in [0, 0.1) is 6.92 Å². The van der Waals surface area contributed by atoms with Crippen molar-refractivity contribution >= 4 is 15.9 Å². The monoisotopic (exact) mass is 288 g/mol. The standard InChI is InChI=1S/C12H17BrO3/c1-3-15-7-10(14)8-16-12-5-4-9(2)6-11(12)13/h4-6,10,14H,3,7-8H2,1-2H3/t10-/m0/s1. The molecule has 1 rings (SSSR count). The predicted octanol–water partition coefficient (Wildman–Crippen LogP) is 2.53. The topological polar surface area (TPSA) is 38.7 Å². The van der Waals surface area contributed by atoms with Crippen LogP contribution in [0.5, 0.6) is 5.75 Å². The summed E-state index contributed by atoms with van der Waals surface area (Å²) in [5.41, 5.74) is 1.16. The van der Waals surface area contributed by atoms with Crippen LogP contribution < -0.4 is 4.74 Å². The molecule has 0 radical (unpaired) electrons. The lowest BCUT2D eigenvalue weighted by molar-refractivity contribution is 0.0163. The van der Waals surface area contributed by atoms with E-state index in [0.717, 1.165) is 15.8 Å². The zero-order valence-electron chi connectivity index (χ0n) is 9.57. The van der Waals surface area contributed by atoms with E-state index in [4.69, 9.17) is 9.47 Å². The number of aryl methyl sites for hydroxylation is 1. The van der Waals surface area contributed by atoms with Crippen LogP contribution in [0.2, 0.25) is 0 Å². The Morgan fingerprint density at radius 2 is 2.12 bits per heavy atom. The molecule has 0 amide bonds. The molecular weight excluding hydrogens is 272 g/mol. The van der Waals surface area contributed by atoms with Gasteiger partial charge < -0.3 is 14.6 Å². The van der Waals surface area contributed by atoms with Gasteiger partial charge in [-0.25, -0.2) is 0 Å². The van der Waals surface area contributed by atoms with Crippen molar-refractivity contribution in [1.82, 2.24) is 0 Å². The van der Waals surface area contributed by atoms with Crippen molar-refractivity contribution in [2.24, 2.45) is 0 Å². The van der Waals surface area contributed by atoms with Gasteiger partial charge in [0.25, 0.3) is 0 Å². The number of halogens is 1. The highest BCUT2D eigenvalue weighted by Crippen LogP contribution is 2.25. The molecule has 0 aliphatic heterocycles. The van der Waals surface area contributed by atoms with Crippen molar-refractivity contribution in [2.45, 2.75) is 20.0 Å². The number of benzene rings is 1. The first kappa shape index (κ1) is 13.5. The molecule has 90 valence electrons. The van der Waals surface area contributed by atoms with E-state index in [1.165, 1.54) is 0 Å². The maximum absolute atomic E-state index is 9.52. The molecule has 0 fully saturated rings. The third-order valence-electron chi connectivity index (χ3n) is 2.03. The summed E-state index contributed by atoms with van der Waals surface area (Å²) in [5.74, 6) is 0.737. The van der Waals surface area contributed by atoms with E-state index < -0.39 is 6.10 Å². The lowest BCUT2D eigenvalue weighted by atomic mass is 10.2. The van der Waals surface area contributed by atoms with Crippen LogP contribution in [0.25, 0.3) is 0 Å². The Labute approximate surface area is 105 Å². The van der Waals surface area contributed by atoms with Gasteiger partial charge in [0, 0.05) is 6.61 Å². The minimum absolute atomic E-state index is 0.238. The number of rotatable bonds is 6. The molecule has 0 aliphatic carbocycles.